The molecule has 90 heavy (non-hydrogen) atoms. The first-order chi connectivity index (χ1) is 44.2. The first kappa shape index (κ1) is 73.8. The molecule has 498 valence electrons. The Morgan fingerprint density at radius 3 is 1.02 bits per heavy atom. The molecule has 2 aliphatic rings. The van der Waals surface area contributed by atoms with Crippen LogP contribution in [0.5, 0.6) is 0 Å². The molecule has 2 amide bonds. The first-order valence-electron chi connectivity index (χ1n) is 37.8. The Morgan fingerprint density at radius 1 is 0.333 bits per heavy atom. The monoisotopic (exact) mass is 1300 g/mol. The minimum atomic E-state index is 0.126. The number of amides is 2. The first-order valence-corrected chi connectivity index (χ1v) is 41.1. The Morgan fingerprint density at radius 2 is 0.633 bits per heavy atom. The van der Waals surface area contributed by atoms with Crippen molar-refractivity contribution < 1.29 is 9.59 Å². The highest BCUT2D eigenvalue weighted by Crippen LogP contribution is 2.40. The predicted octanol–water partition coefficient (Wildman–Crippen LogP) is 26.4. The summed E-state index contributed by atoms with van der Waals surface area (Å²) in [6, 6.07) is 22.4. The van der Waals surface area contributed by atoms with Crippen LogP contribution in [0, 0.1) is 18.8 Å². The number of benzene rings is 1. The Bertz CT molecular complexity index is 2950. The molecular formula is C82H124N2O2S4. The Kier molecular flexibility index (Phi) is 35.6. The number of hydrogen-bond donors (Lipinski definition) is 0. The maximum Gasteiger partial charge on any atom is 0.259 e. The van der Waals surface area contributed by atoms with E-state index in [9.17, 15) is 0 Å². The minimum absolute atomic E-state index is 0.126. The van der Waals surface area contributed by atoms with Crippen molar-refractivity contribution in [2.45, 2.75) is 324 Å². The van der Waals surface area contributed by atoms with Gasteiger partial charge in [0.05, 0.1) is 10.6 Å². The third-order valence-corrected chi connectivity index (χ3v) is 24.5. The largest absolute Gasteiger partial charge is 0.312 e. The van der Waals surface area contributed by atoms with E-state index in [-0.39, 0.29) is 11.8 Å². The molecule has 7 rings (SSSR count). The van der Waals surface area contributed by atoms with Crippen LogP contribution in [0.4, 0.5) is 0 Å². The van der Waals surface area contributed by atoms with Crippen molar-refractivity contribution in [2.75, 3.05) is 13.1 Å². The molecule has 0 bridgehead atoms. The summed E-state index contributed by atoms with van der Waals surface area (Å²) in [5.74, 6) is 1.18. The highest BCUT2D eigenvalue weighted by atomic mass is 32.1. The van der Waals surface area contributed by atoms with Gasteiger partial charge < -0.3 is 9.80 Å². The van der Waals surface area contributed by atoms with Gasteiger partial charge in [-0.15, -0.1) is 45.3 Å². The molecule has 6 heterocycles. The zero-order valence-corrected chi connectivity index (χ0v) is 61.2. The van der Waals surface area contributed by atoms with Gasteiger partial charge in [-0.1, -0.05) is 285 Å². The van der Waals surface area contributed by atoms with E-state index in [0.717, 1.165) is 57.3 Å². The average molecular weight is 1300 g/mol. The van der Waals surface area contributed by atoms with E-state index in [4.69, 9.17) is 0 Å². The fourth-order valence-electron chi connectivity index (χ4n) is 14.3. The third kappa shape index (κ3) is 25.0. The molecule has 0 aliphatic carbocycles. The number of unbranched alkanes of at least 4 members (excludes halogenated alkanes) is 36. The molecule has 0 spiro atoms. The van der Waals surface area contributed by atoms with E-state index in [1.54, 1.807) is 0 Å². The summed E-state index contributed by atoms with van der Waals surface area (Å²) in [4.78, 5) is 45.1. The van der Waals surface area contributed by atoms with Gasteiger partial charge in [0.1, 0.15) is 0 Å². The summed E-state index contributed by atoms with van der Waals surface area (Å²) in [6.07, 6.45) is 63.0. The van der Waals surface area contributed by atoms with Gasteiger partial charge >= 0.3 is 0 Å². The van der Waals surface area contributed by atoms with Crippen LogP contribution in [0.25, 0.3) is 43.1 Å². The van der Waals surface area contributed by atoms with Gasteiger partial charge in [-0.2, -0.15) is 0 Å². The Labute approximate surface area is 566 Å². The highest BCUT2D eigenvalue weighted by Gasteiger charge is 2.36. The highest BCUT2D eigenvalue weighted by molar-refractivity contribution is 7.23. The molecule has 2 atom stereocenters. The number of carbonyl (C=O) groups excluding carboxylic acids is 2. The van der Waals surface area contributed by atoms with Crippen molar-refractivity contribution >= 4 is 80.7 Å². The molecule has 2 aliphatic heterocycles. The number of nitrogens with zero attached hydrogens (tertiary/aromatic N) is 2. The maximum absolute atomic E-state index is 15.5. The van der Waals surface area contributed by atoms with Crippen molar-refractivity contribution in [1.29, 1.82) is 0 Å². The standard InChI is InChI=1S/C82H124N2O2S4/c1-7-11-15-19-23-27-29-31-33-37-41-44-48-67(47-43-39-35-25-21-17-13-9-3)63-83-66(6)71-61-74-72(62-73(71)81(83)85)80(79-60-59-78(90-79)77-58-55-70(89-77)53-52-69-54-57-76(88-69)75-56-51-65(5)87-75)84(82(74)86)64-68(49-45-40-36-26-22-18-14-10-4)50-46-42-38-34-32-30-28-24-20-16-12-8-2/h51-62,67-68H,7-50,63-64H2,1-6H3/b53-52+. The lowest BCUT2D eigenvalue weighted by atomic mass is 9.93. The van der Waals surface area contributed by atoms with Gasteiger partial charge in [-0.25, -0.2) is 0 Å². The summed E-state index contributed by atoms with van der Waals surface area (Å²) in [7, 11) is 0. The number of hydrogen-bond acceptors (Lipinski definition) is 6. The second-order valence-corrected chi connectivity index (χ2v) is 32.2. The summed E-state index contributed by atoms with van der Waals surface area (Å²) in [5, 5.41) is 1.93. The number of thiophene rings is 4. The number of carbonyl (C=O) groups is 2. The van der Waals surface area contributed by atoms with E-state index in [1.807, 2.05) is 45.3 Å². The molecule has 1 aromatic carbocycles. The van der Waals surface area contributed by atoms with Gasteiger partial charge in [0, 0.05) is 74.5 Å². The smallest absolute Gasteiger partial charge is 0.259 e. The predicted molar refractivity (Wildman–Crippen MR) is 401 cm³/mol. The lowest BCUT2D eigenvalue weighted by Gasteiger charge is -2.27. The normalized spacial score (nSPS) is 14.0. The van der Waals surface area contributed by atoms with Gasteiger partial charge in [-0.3, -0.25) is 9.59 Å². The van der Waals surface area contributed by atoms with E-state index in [1.165, 1.54) is 310 Å². The van der Waals surface area contributed by atoms with Crippen LogP contribution in [0.3, 0.4) is 0 Å². The average Bonchev–Trinajstić information content (AvgIpc) is 1.58. The zero-order valence-electron chi connectivity index (χ0n) is 58.0. The van der Waals surface area contributed by atoms with Crippen LogP contribution in [0.2, 0.25) is 0 Å². The number of aryl methyl sites for hydroxylation is 1. The molecule has 2 unspecified atom stereocenters. The quantitative estimate of drug-likeness (QED) is 0.0364. The molecule has 5 aromatic rings. The number of rotatable bonds is 53. The summed E-state index contributed by atoms with van der Waals surface area (Å²) < 4.78 is 0. The third-order valence-electron chi connectivity index (χ3n) is 19.9. The van der Waals surface area contributed by atoms with Gasteiger partial charge in [0.15, 0.2) is 0 Å². The summed E-state index contributed by atoms with van der Waals surface area (Å²) >= 11 is 7.37. The van der Waals surface area contributed by atoms with Crippen molar-refractivity contribution in [3.63, 3.8) is 0 Å². The Balaban J connectivity index is 1.10. The fourth-order valence-corrected chi connectivity index (χ4v) is 18.2. The second kappa shape index (κ2) is 43.4. The molecule has 4 aromatic heterocycles. The van der Waals surface area contributed by atoms with Gasteiger partial charge in [0.25, 0.3) is 11.8 Å². The van der Waals surface area contributed by atoms with E-state index >= 15 is 9.59 Å². The van der Waals surface area contributed by atoms with Crippen LogP contribution in [-0.4, -0.2) is 34.7 Å². The van der Waals surface area contributed by atoms with Crippen LogP contribution < -0.4 is 10.4 Å². The molecule has 0 saturated carbocycles. The molecule has 0 radical (unpaired) electrons. The maximum atomic E-state index is 15.5. The zero-order chi connectivity index (χ0) is 63.4. The number of fused-ring (bicyclic) bond motifs is 2. The SMILES string of the molecule is CCCCCCCCCCCCCCC(CCCCCCCCCC)CN1C(=O)c2cc3c(cc2=C1C)C(=O)N(CC(CCCCCCCCCC)CCCCCCCCCCCCCC)C=3c1ccc(-c2ccc(/C=C/c3ccc(-c4ccc(C)s4)s3)s2)s1. The van der Waals surface area contributed by atoms with Crippen molar-refractivity contribution in [1.82, 2.24) is 9.80 Å². The van der Waals surface area contributed by atoms with E-state index < -0.39 is 0 Å². The second-order valence-electron chi connectivity index (χ2n) is 27.6. The molecule has 4 nitrogen and oxygen atoms in total. The van der Waals surface area contributed by atoms with Crippen LogP contribution in [0.1, 0.15) is 357 Å². The van der Waals surface area contributed by atoms with Crippen molar-refractivity contribution in [3.05, 3.63) is 102 Å². The lowest BCUT2D eigenvalue weighted by molar-refractivity contribution is 0.0813. The van der Waals surface area contributed by atoms with E-state index in [2.05, 4.69) is 124 Å². The molecule has 0 saturated heterocycles. The van der Waals surface area contributed by atoms with Crippen LogP contribution >= 0.6 is 45.3 Å². The van der Waals surface area contributed by atoms with Crippen molar-refractivity contribution in [2.24, 2.45) is 11.8 Å². The van der Waals surface area contributed by atoms with Crippen LogP contribution in [0.15, 0.2) is 60.7 Å². The topological polar surface area (TPSA) is 40.6 Å². The summed E-state index contributed by atoms with van der Waals surface area (Å²) in [6.45, 7) is 15.1. The molecule has 8 heteroatoms. The van der Waals surface area contributed by atoms with E-state index in [0.29, 0.717) is 11.8 Å². The molecular weight excluding hydrogens is 1170 g/mol. The summed E-state index contributed by atoms with van der Waals surface area (Å²) in [5.41, 5.74) is 3.64. The lowest BCUT2D eigenvalue weighted by Crippen LogP contribution is -2.31. The van der Waals surface area contributed by atoms with Gasteiger partial charge in [-0.05, 0) is 124 Å². The van der Waals surface area contributed by atoms with Crippen molar-refractivity contribution in [3.8, 4) is 19.5 Å². The Hall–Kier alpha value is -3.56. The molecule has 0 N–H and O–H groups in total. The van der Waals surface area contributed by atoms with Gasteiger partial charge in [0.2, 0.25) is 0 Å². The molecule has 0 fully saturated rings. The van der Waals surface area contributed by atoms with Crippen LogP contribution in [-0.2, 0) is 0 Å². The fraction of sp³-hybridized carbons (Fsp3) is 0.659. The minimum Gasteiger partial charge on any atom is -0.312 e.